The van der Waals surface area contributed by atoms with Crippen molar-refractivity contribution in [2.75, 3.05) is 26.0 Å². The number of hydrogen-bond acceptors (Lipinski definition) is 7. The summed E-state index contributed by atoms with van der Waals surface area (Å²) in [6.07, 6.45) is 40.0. The number of ether oxygens (including phenoxy) is 2. The minimum atomic E-state index is -3.92. The van der Waals surface area contributed by atoms with Gasteiger partial charge in [-0.05, 0) is 77.0 Å². The number of esters is 2. The smallest absolute Gasteiger partial charge is 0.328 e. The third-order valence-corrected chi connectivity index (χ3v) is 10.8. The van der Waals surface area contributed by atoms with Crippen molar-refractivity contribution in [1.82, 2.24) is 0 Å². The van der Waals surface area contributed by atoms with Crippen molar-refractivity contribution in [3.8, 4) is 0 Å². The first-order valence-corrected chi connectivity index (χ1v) is 23.3. The number of carbonyl (C=O) groups is 2. The van der Waals surface area contributed by atoms with E-state index in [1.165, 1.54) is 89.9 Å². The van der Waals surface area contributed by atoms with E-state index in [1.54, 1.807) is 0 Å². The fourth-order valence-electron chi connectivity index (χ4n) is 5.99. The van der Waals surface area contributed by atoms with Crippen molar-refractivity contribution in [3.63, 3.8) is 0 Å². The number of rotatable bonds is 40. The largest absolute Gasteiger partial charge is 0.462 e. The van der Waals surface area contributed by atoms with E-state index in [0.717, 1.165) is 70.6 Å². The average molecular weight is 757 g/mol. The van der Waals surface area contributed by atoms with Gasteiger partial charge in [0.2, 0.25) is 0 Å². The summed E-state index contributed by atoms with van der Waals surface area (Å²) in [5.41, 5.74) is 0. The fourth-order valence-corrected chi connectivity index (χ4v) is 7.14. The summed E-state index contributed by atoms with van der Waals surface area (Å²) in [6.45, 7) is 3.89. The predicted octanol–water partition coefficient (Wildman–Crippen LogP) is 12.5. The molecule has 0 spiro atoms. The monoisotopic (exact) mass is 757 g/mol. The molecule has 52 heavy (non-hydrogen) atoms. The van der Waals surface area contributed by atoms with E-state index < -0.39 is 19.7 Å². The quantitative estimate of drug-likeness (QED) is 0.0274. The highest BCUT2D eigenvalue weighted by molar-refractivity contribution is 7.52. The van der Waals surface area contributed by atoms with E-state index in [9.17, 15) is 19.0 Å². The number of aliphatic hydroxyl groups excluding tert-OH is 1. The molecule has 0 saturated heterocycles. The highest BCUT2D eigenvalue weighted by Gasteiger charge is 2.24. The second-order valence-electron chi connectivity index (χ2n) is 14.6. The molecular formula is C43H81O8P. The van der Waals surface area contributed by atoms with Gasteiger partial charge in [0.25, 0.3) is 0 Å². The van der Waals surface area contributed by atoms with Crippen LogP contribution in [0.15, 0.2) is 24.3 Å². The Morgan fingerprint density at radius 1 is 0.538 bits per heavy atom. The van der Waals surface area contributed by atoms with E-state index >= 15 is 0 Å². The number of aliphatic hydroxyl groups is 1. The van der Waals surface area contributed by atoms with Gasteiger partial charge in [-0.25, -0.2) is 0 Å². The van der Waals surface area contributed by atoms with Crippen LogP contribution in [0.5, 0.6) is 0 Å². The number of carbonyl (C=O) groups excluding carboxylic acids is 2. The van der Waals surface area contributed by atoms with E-state index in [2.05, 4.69) is 38.2 Å². The summed E-state index contributed by atoms with van der Waals surface area (Å²) in [5.74, 6) is -0.793. The second kappa shape index (κ2) is 39.2. The molecule has 0 aromatic carbocycles. The molecule has 0 amide bonds. The Labute approximate surface area is 319 Å². The van der Waals surface area contributed by atoms with Gasteiger partial charge in [-0.1, -0.05) is 141 Å². The summed E-state index contributed by atoms with van der Waals surface area (Å²) in [7, 11) is -3.92. The van der Waals surface area contributed by atoms with Gasteiger partial charge in [-0.15, -0.1) is 0 Å². The Morgan fingerprint density at radius 2 is 0.942 bits per heavy atom. The molecule has 0 fully saturated rings. The summed E-state index contributed by atoms with van der Waals surface area (Å²) in [4.78, 5) is 35.2. The maximum absolute atomic E-state index is 12.6. The molecule has 0 rings (SSSR count). The molecule has 2 atom stereocenters. The molecule has 8 nitrogen and oxygen atoms in total. The SMILES string of the molecule is CCCCCCCC/C=C\CCCCCCCC(=O)OC[C@H](COP(=O)(O)CCCCO)OC(=O)CCCCCCC/C=C\CCCCCCCC. The summed E-state index contributed by atoms with van der Waals surface area (Å²) < 4.78 is 28.6. The van der Waals surface area contributed by atoms with Crippen LogP contribution in [0.3, 0.4) is 0 Å². The first kappa shape index (κ1) is 50.5. The van der Waals surface area contributed by atoms with Crippen molar-refractivity contribution >= 4 is 19.5 Å². The zero-order chi connectivity index (χ0) is 38.2. The van der Waals surface area contributed by atoms with Crippen LogP contribution < -0.4 is 0 Å². The van der Waals surface area contributed by atoms with Crippen LogP contribution in [0.25, 0.3) is 0 Å². The normalized spacial score (nSPS) is 13.5. The highest BCUT2D eigenvalue weighted by atomic mass is 31.2. The van der Waals surface area contributed by atoms with Crippen LogP contribution in [-0.4, -0.2) is 54.0 Å². The molecule has 0 heterocycles. The molecule has 0 aliphatic heterocycles. The standard InChI is InChI=1S/C43H81O8P/c1-3-5-7-9-11-13-15-17-19-21-23-25-27-29-31-35-42(45)49-39-41(40-50-52(47,48)38-34-33-37-44)51-43(46)36-32-30-28-26-24-22-20-18-16-14-12-10-8-6-4-2/h17-20,41,44H,3-16,21-40H2,1-2H3,(H,47,48)/b19-17-,20-18-/t41-/m1/s1. The van der Waals surface area contributed by atoms with E-state index in [0.29, 0.717) is 19.3 Å². The lowest BCUT2D eigenvalue weighted by Gasteiger charge is -2.20. The molecule has 0 aliphatic rings. The molecule has 0 bridgehead atoms. The first-order chi connectivity index (χ1) is 25.3. The van der Waals surface area contributed by atoms with Crippen LogP contribution in [0.2, 0.25) is 0 Å². The molecule has 0 aromatic rings. The lowest BCUT2D eigenvalue weighted by molar-refractivity contribution is -0.161. The van der Waals surface area contributed by atoms with Crippen molar-refractivity contribution in [3.05, 3.63) is 24.3 Å². The maximum Gasteiger partial charge on any atom is 0.328 e. The van der Waals surface area contributed by atoms with Gasteiger partial charge in [0.15, 0.2) is 6.10 Å². The van der Waals surface area contributed by atoms with Crippen LogP contribution in [0, 0.1) is 0 Å². The van der Waals surface area contributed by atoms with Crippen LogP contribution in [0.4, 0.5) is 0 Å². The van der Waals surface area contributed by atoms with Gasteiger partial charge in [-0.3, -0.25) is 14.2 Å². The average Bonchev–Trinajstić information content (AvgIpc) is 3.12. The van der Waals surface area contributed by atoms with Crippen molar-refractivity contribution in [2.45, 2.75) is 213 Å². The van der Waals surface area contributed by atoms with Gasteiger partial charge in [0, 0.05) is 19.4 Å². The minimum absolute atomic E-state index is 0.0662. The van der Waals surface area contributed by atoms with Crippen molar-refractivity contribution in [2.24, 2.45) is 0 Å². The lowest BCUT2D eigenvalue weighted by atomic mass is 10.1. The molecule has 306 valence electrons. The molecule has 9 heteroatoms. The molecule has 0 aromatic heterocycles. The minimum Gasteiger partial charge on any atom is -0.462 e. The van der Waals surface area contributed by atoms with Gasteiger partial charge in [0.1, 0.15) is 6.61 Å². The Bertz CT molecular complexity index is 906. The fraction of sp³-hybridized carbons (Fsp3) is 0.860. The van der Waals surface area contributed by atoms with E-state index in [-0.39, 0.29) is 44.8 Å². The number of allylic oxidation sites excluding steroid dienone is 4. The van der Waals surface area contributed by atoms with Crippen LogP contribution >= 0.6 is 7.60 Å². The predicted molar refractivity (Wildman–Crippen MR) is 217 cm³/mol. The van der Waals surface area contributed by atoms with E-state index in [1.807, 2.05) is 0 Å². The third-order valence-electron chi connectivity index (χ3n) is 9.32. The molecule has 2 N–H and O–H groups in total. The van der Waals surface area contributed by atoms with Gasteiger partial charge in [-0.2, -0.15) is 0 Å². The zero-order valence-electron chi connectivity index (χ0n) is 33.7. The Hall–Kier alpha value is -1.47. The Kier molecular flexibility index (Phi) is 38.1. The highest BCUT2D eigenvalue weighted by Crippen LogP contribution is 2.42. The van der Waals surface area contributed by atoms with Gasteiger partial charge >= 0.3 is 19.5 Å². The molecule has 1 unspecified atom stereocenters. The molecule has 0 saturated carbocycles. The summed E-state index contributed by atoms with van der Waals surface area (Å²) in [6, 6.07) is 0. The molecular weight excluding hydrogens is 675 g/mol. The topological polar surface area (TPSA) is 119 Å². The van der Waals surface area contributed by atoms with Crippen LogP contribution in [-0.2, 0) is 28.2 Å². The van der Waals surface area contributed by atoms with E-state index in [4.69, 9.17) is 19.1 Å². The summed E-state index contributed by atoms with van der Waals surface area (Å²) >= 11 is 0. The second-order valence-corrected chi connectivity index (χ2v) is 16.5. The van der Waals surface area contributed by atoms with Crippen molar-refractivity contribution in [1.29, 1.82) is 0 Å². The Morgan fingerprint density at radius 3 is 1.38 bits per heavy atom. The molecule has 0 radical (unpaired) electrons. The van der Waals surface area contributed by atoms with Gasteiger partial charge < -0.3 is 24.0 Å². The third kappa shape index (κ3) is 38.3. The lowest BCUT2D eigenvalue weighted by Crippen LogP contribution is -2.29. The number of hydrogen-bond donors (Lipinski definition) is 2. The zero-order valence-corrected chi connectivity index (χ0v) is 34.6. The molecule has 0 aliphatic carbocycles. The summed E-state index contributed by atoms with van der Waals surface area (Å²) in [5, 5.41) is 8.97. The Balaban J connectivity index is 4.25. The van der Waals surface area contributed by atoms with Crippen LogP contribution in [0.1, 0.15) is 206 Å². The van der Waals surface area contributed by atoms with Crippen molar-refractivity contribution < 1.29 is 38.2 Å². The van der Waals surface area contributed by atoms with Gasteiger partial charge in [0.05, 0.1) is 12.8 Å². The maximum atomic E-state index is 12.6. The number of unbranched alkanes of at least 4 members (excludes halogenated alkanes) is 23. The first-order valence-electron chi connectivity index (χ1n) is 21.6.